The standard InChI is InChI=1S/C24H34N2O5S/c1-2-15-26(20-13-16-32(29,30)18-20)23(27)17-31-24(28)21-10-6-7-11-22(21)25-14-12-19-8-4-3-5-9-19/h6-8,10-11,20,25H,2-5,9,12-18H2,1H3. The topological polar surface area (TPSA) is 92.8 Å². The molecule has 0 spiro atoms. The molecule has 1 heterocycles. The van der Waals surface area contributed by atoms with Gasteiger partial charge >= 0.3 is 5.97 Å². The zero-order chi connectivity index (χ0) is 23.0. The summed E-state index contributed by atoms with van der Waals surface area (Å²) >= 11 is 0. The maximum atomic E-state index is 12.7. The molecule has 1 aliphatic heterocycles. The Bertz CT molecular complexity index is 941. The maximum absolute atomic E-state index is 12.7. The van der Waals surface area contributed by atoms with E-state index >= 15 is 0 Å². The molecular weight excluding hydrogens is 428 g/mol. The van der Waals surface area contributed by atoms with Gasteiger partial charge in [0.2, 0.25) is 0 Å². The summed E-state index contributed by atoms with van der Waals surface area (Å²) in [7, 11) is -3.10. The lowest BCUT2D eigenvalue weighted by atomic mass is 9.97. The van der Waals surface area contributed by atoms with Gasteiger partial charge in [-0.15, -0.1) is 0 Å². The molecule has 0 bridgehead atoms. The van der Waals surface area contributed by atoms with Crippen molar-refractivity contribution in [2.75, 3.05) is 36.5 Å². The van der Waals surface area contributed by atoms with E-state index in [9.17, 15) is 18.0 Å². The van der Waals surface area contributed by atoms with E-state index in [2.05, 4.69) is 11.4 Å². The second-order valence-electron chi connectivity index (χ2n) is 8.55. The van der Waals surface area contributed by atoms with E-state index in [0.717, 1.165) is 25.8 Å². The van der Waals surface area contributed by atoms with Gasteiger partial charge in [-0.05, 0) is 57.1 Å². The summed E-state index contributed by atoms with van der Waals surface area (Å²) in [5, 5.41) is 3.32. The fourth-order valence-electron chi connectivity index (χ4n) is 4.37. The molecule has 8 heteroatoms. The number of ether oxygens (including phenoxy) is 1. The molecule has 3 rings (SSSR count). The van der Waals surface area contributed by atoms with Crippen LogP contribution in [0.3, 0.4) is 0 Å². The molecule has 0 aromatic heterocycles. The Kier molecular flexibility index (Phi) is 8.73. The van der Waals surface area contributed by atoms with Gasteiger partial charge in [-0.25, -0.2) is 13.2 Å². The van der Waals surface area contributed by atoms with Crippen LogP contribution in [0.25, 0.3) is 0 Å². The number of esters is 1. The first-order valence-corrected chi connectivity index (χ1v) is 13.4. The highest BCUT2D eigenvalue weighted by Crippen LogP contribution is 2.22. The number of carbonyl (C=O) groups excluding carboxylic acids is 2. The van der Waals surface area contributed by atoms with E-state index in [1.165, 1.54) is 18.4 Å². The number of rotatable bonds is 10. The Labute approximate surface area is 191 Å². The summed E-state index contributed by atoms with van der Waals surface area (Å²) in [5.41, 5.74) is 2.54. The predicted octanol–water partition coefficient (Wildman–Crippen LogP) is 3.57. The lowest BCUT2D eigenvalue weighted by molar-refractivity contribution is -0.136. The number of benzene rings is 1. The SMILES string of the molecule is CCCN(C(=O)COC(=O)c1ccccc1NCCC1=CCCCC1)C1CCS(=O)(=O)C1. The van der Waals surface area contributed by atoms with Crippen LogP contribution in [0.2, 0.25) is 0 Å². The van der Waals surface area contributed by atoms with Gasteiger partial charge in [0, 0.05) is 24.8 Å². The molecule has 0 radical (unpaired) electrons. The van der Waals surface area contributed by atoms with Gasteiger partial charge in [0.1, 0.15) is 0 Å². The minimum Gasteiger partial charge on any atom is -0.452 e. The highest BCUT2D eigenvalue weighted by atomic mass is 32.2. The van der Waals surface area contributed by atoms with Crippen molar-refractivity contribution in [2.45, 2.75) is 57.9 Å². The zero-order valence-corrected chi connectivity index (χ0v) is 19.7. The van der Waals surface area contributed by atoms with Crippen molar-refractivity contribution < 1.29 is 22.7 Å². The van der Waals surface area contributed by atoms with E-state index in [4.69, 9.17) is 4.74 Å². The molecular formula is C24H34N2O5S. The Morgan fingerprint density at radius 2 is 2.03 bits per heavy atom. The molecule has 1 aromatic rings. The van der Waals surface area contributed by atoms with Gasteiger partial charge in [0.25, 0.3) is 5.91 Å². The van der Waals surface area contributed by atoms with Crippen LogP contribution < -0.4 is 5.32 Å². The zero-order valence-electron chi connectivity index (χ0n) is 18.8. The van der Waals surface area contributed by atoms with Crippen molar-refractivity contribution in [3.8, 4) is 0 Å². The van der Waals surface area contributed by atoms with Gasteiger partial charge < -0.3 is 15.0 Å². The third kappa shape index (κ3) is 6.82. The molecule has 1 fully saturated rings. The molecule has 0 saturated carbocycles. The molecule has 1 aliphatic carbocycles. The second-order valence-corrected chi connectivity index (χ2v) is 10.8. The number of anilines is 1. The van der Waals surface area contributed by atoms with Crippen molar-refractivity contribution >= 4 is 27.4 Å². The fourth-order valence-corrected chi connectivity index (χ4v) is 6.10. The molecule has 176 valence electrons. The normalized spacial score (nSPS) is 19.8. The summed E-state index contributed by atoms with van der Waals surface area (Å²) in [6.07, 6.45) is 9.19. The maximum Gasteiger partial charge on any atom is 0.340 e. The van der Waals surface area contributed by atoms with Crippen molar-refractivity contribution in [1.29, 1.82) is 0 Å². The summed E-state index contributed by atoms with van der Waals surface area (Å²) in [4.78, 5) is 27.0. The molecule has 1 atom stereocenters. The van der Waals surface area contributed by atoms with Gasteiger partial charge in [-0.2, -0.15) is 0 Å². The van der Waals surface area contributed by atoms with E-state index in [1.54, 1.807) is 17.0 Å². The molecule has 2 aliphatic rings. The summed E-state index contributed by atoms with van der Waals surface area (Å²) in [6.45, 7) is 2.72. The Morgan fingerprint density at radius 1 is 1.22 bits per heavy atom. The van der Waals surface area contributed by atoms with Crippen LogP contribution in [0, 0.1) is 0 Å². The molecule has 7 nitrogen and oxygen atoms in total. The van der Waals surface area contributed by atoms with Crippen LogP contribution in [0.5, 0.6) is 0 Å². The first kappa shape index (κ1) is 24.3. The number of sulfone groups is 1. The number of hydrogen-bond acceptors (Lipinski definition) is 6. The van der Waals surface area contributed by atoms with E-state index in [0.29, 0.717) is 30.6 Å². The summed E-state index contributed by atoms with van der Waals surface area (Å²) in [5.74, 6) is -0.831. The number of nitrogens with zero attached hydrogens (tertiary/aromatic N) is 1. The first-order valence-electron chi connectivity index (χ1n) is 11.6. The van der Waals surface area contributed by atoms with Crippen LogP contribution in [0.15, 0.2) is 35.9 Å². The first-order chi connectivity index (χ1) is 15.4. The van der Waals surface area contributed by atoms with Crippen molar-refractivity contribution in [3.63, 3.8) is 0 Å². The minimum atomic E-state index is -3.10. The van der Waals surface area contributed by atoms with E-state index in [-0.39, 0.29) is 23.5 Å². The molecule has 1 N–H and O–H groups in total. The van der Waals surface area contributed by atoms with E-state index in [1.807, 2.05) is 19.1 Å². The van der Waals surface area contributed by atoms with Crippen LogP contribution in [0.4, 0.5) is 5.69 Å². The Morgan fingerprint density at radius 3 is 2.72 bits per heavy atom. The van der Waals surface area contributed by atoms with Crippen LogP contribution in [-0.2, 0) is 19.4 Å². The third-order valence-electron chi connectivity index (χ3n) is 6.05. The largest absolute Gasteiger partial charge is 0.452 e. The monoisotopic (exact) mass is 462 g/mol. The number of nitrogens with one attached hydrogen (secondary N) is 1. The Hall–Kier alpha value is -2.35. The van der Waals surface area contributed by atoms with Crippen molar-refractivity contribution in [2.24, 2.45) is 0 Å². The number of amides is 1. The molecule has 32 heavy (non-hydrogen) atoms. The van der Waals surface area contributed by atoms with Crippen molar-refractivity contribution in [1.82, 2.24) is 4.90 Å². The van der Waals surface area contributed by atoms with E-state index < -0.39 is 22.4 Å². The van der Waals surface area contributed by atoms with Gasteiger partial charge in [-0.3, -0.25) is 4.79 Å². The molecule has 1 saturated heterocycles. The molecule has 1 aromatic carbocycles. The smallest absolute Gasteiger partial charge is 0.340 e. The van der Waals surface area contributed by atoms with Crippen LogP contribution in [-0.4, -0.2) is 62.4 Å². The number of hydrogen-bond donors (Lipinski definition) is 1. The third-order valence-corrected chi connectivity index (χ3v) is 7.80. The van der Waals surface area contributed by atoms with Crippen LogP contribution in [0.1, 0.15) is 62.2 Å². The molecule has 1 unspecified atom stereocenters. The quantitative estimate of drug-likeness (QED) is 0.422. The fraction of sp³-hybridized carbons (Fsp3) is 0.583. The lowest BCUT2D eigenvalue weighted by Crippen LogP contribution is -2.43. The highest BCUT2D eigenvalue weighted by molar-refractivity contribution is 7.91. The highest BCUT2D eigenvalue weighted by Gasteiger charge is 2.34. The molecule has 1 amide bonds. The second kappa shape index (κ2) is 11.5. The van der Waals surface area contributed by atoms with Gasteiger partial charge in [0.15, 0.2) is 16.4 Å². The number of para-hydroxylation sites is 1. The van der Waals surface area contributed by atoms with Crippen molar-refractivity contribution in [3.05, 3.63) is 41.5 Å². The average Bonchev–Trinajstić information content (AvgIpc) is 3.16. The Balaban J connectivity index is 1.55. The van der Waals surface area contributed by atoms with Gasteiger partial charge in [-0.1, -0.05) is 30.7 Å². The average molecular weight is 463 g/mol. The number of carbonyl (C=O) groups is 2. The summed E-state index contributed by atoms with van der Waals surface area (Å²) in [6, 6.07) is 6.80. The van der Waals surface area contributed by atoms with Crippen LogP contribution >= 0.6 is 0 Å². The summed E-state index contributed by atoms with van der Waals surface area (Å²) < 4.78 is 29.0. The number of allylic oxidation sites excluding steroid dienone is 1. The predicted molar refractivity (Wildman–Crippen MR) is 125 cm³/mol. The lowest BCUT2D eigenvalue weighted by Gasteiger charge is -2.27. The minimum absolute atomic E-state index is 0.0180. The van der Waals surface area contributed by atoms with Gasteiger partial charge in [0.05, 0.1) is 17.1 Å².